The normalized spacial score (nSPS) is 17.9. The largest absolute Gasteiger partial charge is 0.459 e. The maximum atomic E-state index is 12.7. The second kappa shape index (κ2) is 9.93. The van der Waals surface area contributed by atoms with E-state index in [-0.39, 0.29) is 12.1 Å². The highest BCUT2D eigenvalue weighted by Gasteiger charge is 2.26. The Morgan fingerprint density at radius 2 is 1.87 bits per heavy atom. The number of piperazine rings is 1. The molecule has 0 N–H and O–H groups in total. The Hall–Kier alpha value is -2.23. The van der Waals surface area contributed by atoms with Gasteiger partial charge < -0.3 is 19.3 Å². The third kappa shape index (κ3) is 5.34. The number of carbonyl (C=O) groups is 1. The van der Waals surface area contributed by atoms with Crippen LogP contribution in [0.4, 0.5) is 10.9 Å². The summed E-state index contributed by atoms with van der Waals surface area (Å²) in [7, 11) is 0. The fourth-order valence-electron chi connectivity index (χ4n) is 3.92. The number of hydrogen-bond donors (Lipinski definition) is 0. The number of morpholine rings is 1. The molecule has 2 aromatic rings. The molecule has 2 aliphatic heterocycles. The standard InChI is InChI=1S/C22H31N5O3S/c1-16(2)30-21(28)19-17(3)4-5-23-20(19)26-8-6-25(7-9-26)15-18-14-24-22(31-18)27-10-12-29-13-11-27/h4-5,14,16H,6-13,15H2,1-3H3. The minimum absolute atomic E-state index is 0.154. The number of anilines is 2. The Labute approximate surface area is 187 Å². The van der Waals surface area contributed by atoms with E-state index in [4.69, 9.17) is 9.47 Å². The third-order valence-electron chi connectivity index (χ3n) is 5.56. The van der Waals surface area contributed by atoms with E-state index in [0.717, 1.165) is 75.5 Å². The smallest absolute Gasteiger partial charge is 0.342 e. The molecule has 0 atom stereocenters. The van der Waals surface area contributed by atoms with E-state index >= 15 is 0 Å². The summed E-state index contributed by atoms with van der Waals surface area (Å²) in [5, 5.41) is 1.09. The number of pyridine rings is 1. The van der Waals surface area contributed by atoms with E-state index in [2.05, 4.69) is 24.7 Å². The predicted octanol–water partition coefficient (Wildman–Crippen LogP) is 2.57. The van der Waals surface area contributed by atoms with Gasteiger partial charge in [-0.05, 0) is 32.4 Å². The molecule has 2 saturated heterocycles. The Morgan fingerprint density at radius 1 is 1.13 bits per heavy atom. The number of aromatic nitrogens is 2. The van der Waals surface area contributed by atoms with Crippen molar-refractivity contribution < 1.29 is 14.3 Å². The van der Waals surface area contributed by atoms with Crippen LogP contribution in [0, 0.1) is 6.92 Å². The van der Waals surface area contributed by atoms with Crippen LogP contribution in [0.5, 0.6) is 0 Å². The number of rotatable bonds is 6. The minimum atomic E-state index is -0.293. The minimum Gasteiger partial charge on any atom is -0.459 e. The van der Waals surface area contributed by atoms with Gasteiger partial charge in [0.2, 0.25) is 0 Å². The number of carbonyl (C=O) groups excluding carboxylic acids is 1. The van der Waals surface area contributed by atoms with Crippen LogP contribution < -0.4 is 9.80 Å². The molecular weight excluding hydrogens is 414 g/mol. The van der Waals surface area contributed by atoms with Crippen molar-refractivity contribution in [2.45, 2.75) is 33.4 Å². The molecule has 31 heavy (non-hydrogen) atoms. The van der Waals surface area contributed by atoms with Crippen LogP contribution in [0.1, 0.15) is 34.6 Å². The molecule has 0 aliphatic carbocycles. The summed E-state index contributed by atoms with van der Waals surface area (Å²) in [6.07, 6.45) is 3.62. The number of hydrogen-bond acceptors (Lipinski definition) is 9. The number of ether oxygens (including phenoxy) is 2. The van der Waals surface area contributed by atoms with Gasteiger partial charge in [0.05, 0.1) is 19.3 Å². The van der Waals surface area contributed by atoms with Crippen molar-refractivity contribution in [1.82, 2.24) is 14.9 Å². The van der Waals surface area contributed by atoms with Gasteiger partial charge in [-0.1, -0.05) is 0 Å². The van der Waals surface area contributed by atoms with Gasteiger partial charge in [-0.2, -0.15) is 0 Å². The first-order chi connectivity index (χ1) is 15.0. The Morgan fingerprint density at radius 3 is 2.58 bits per heavy atom. The predicted molar refractivity (Wildman–Crippen MR) is 122 cm³/mol. The van der Waals surface area contributed by atoms with Crippen molar-refractivity contribution in [1.29, 1.82) is 0 Å². The molecule has 0 saturated carbocycles. The molecule has 0 aromatic carbocycles. The van der Waals surface area contributed by atoms with Crippen molar-refractivity contribution in [3.05, 3.63) is 34.5 Å². The number of esters is 1. The topological polar surface area (TPSA) is 71.0 Å². The summed E-state index contributed by atoms with van der Waals surface area (Å²) >= 11 is 1.77. The first-order valence-corrected chi connectivity index (χ1v) is 11.7. The highest BCUT2D eigenvalue weighted by Crippen LogP contribution is 2.27. The molecule has 2 aromatic heterocycles. The van der Waals surface area contributed by atoms with E-state index < -0.39 is 0 Å². The molecule has 2 fully saturated rings. The molecule has 0 spiro atoms. The Bertz CT molecular complexity index is 889. The highest BCUT2D eigenvalue weighted by molar-refractivity contribution is 7.15. The fraction of sp³-hybridized carbons (Fsp3) is 0.591. The van der Waals surface area contributed by atoms with Crippen molar-refractivity contribution in [3.8, 4) is 0 Å². The molecular formula is C22H31N5O3S. The monoisotopic (exact) mass is 445 g/mol. The molecule has 168 valence electrons. The fourth-order valence-corrected chi connectivity index (χ4v) is 4.92. The van der Waals surface area contributed by atoms with Crippen LogP contribution in [0.25, 0.3) is 0 Å². The van der Waals surface area contributed by atoms with Crippen molar-refractivity contribution in [3.63, 3.8) is 0 Å². The number of thiazole rings is 1. The molecule has 4 heterocycles. The first-order valence-electron chi connectivity index (χ1n) is 10.9. The van der Waals surface area contributed by atoms with Gasteiger partial charge in [0.15, 0.2) is 5.13 Å². The summed E-state index contributed by atoms with van der Waals surface area (Å²) in [4.78, 5) is 30.0. The molecule has 0 radical (unpaired) electrons. The first kappa shape index (κ1) is 22.0. The summed E-state index contributed by atoms with van der Waals surface area (Å²) < 4.78 is 10.9. The lowest BCUT2D eigenvalue weighted by molar-refractivity contribution is 0.0377. The van der Waals surface area contributed by atoms with E-state index in [0.29, 0.717) is 5.56 Å². The van der Waals surface area contributed by atoms with Crippen LogP contribution in [-0.4, -0.2) is 79.4 Å². The van der Waals surface area contributed by atoms with Gasteiger partial charge in [0.1, 0.15) is 11.4 Å². The van der Waals surface area contributed by atoms with Gasteiger partial charge in [-0.15, -0.1) is 11.3 Å². The van der Waals surface area contributed by atoms with E-state index in [1.165, 1.54) is 4.88 Å². The average molecular weight is 446 g/mol. The molecule has 4 rings (SSSR count). The van der Waals surface area contributed by atoms with Crippen LogP contribution in [0.2, 0.25) is 0 Å². The maximum absolute atomic E-state index is 12.7. The van der Waals surface area contributed by atoms with E-state index in [1.807, 2.05) is 33.0 Å². The average Bonchev–Trinajstić information content (AvgIpc) is 3.23. The summed E-state index contributed by atoms with van der Waals surface area (Å²) in [6, 6.07) is 1.87. The third-order valence-corrected chi connectivity index (χ3v) is 6.60. The van der Waals surface area contributed by atoms with Gasteiger partial charge in [-0.3, -0.25) is 4.90 Å². The van der Waals surface area contributed by atoms with Gasteiger partial charge >= 0.3 is 5.97 Å². The lowest BCUT2D eigenvalue weighted by Gasteiger charge is -2.36. The SMILES string of the molecule is Cc1ccnc(N2CCN(Cc3cnc(N4CCOCC4)s3)CC2)c1C(=O)OC(C)C. The zero-order valence-electron chi connectivity index (χ0n) is 18.5. The van der Waals surface area contributed by atoms with E-state index in [9.17, 15) is 4.79 Å². The molecule has 8 nitrogen and oxygen atoms in total. The molecule has 9 heteroatoms. The molecule has 0 unspecified atom stereocenters. The number of aryl methyl sites for hydroxylation is 1. The lowest BCUT2D eigenvalue weighted by atomic mass is 10.1. The Balaban J connectivity index is 1.37. The summed E-state index contributed by atoms with van der Waals surface area (Å²) in [5.41, 5.74) is 1.49. The summed E-state index contributed by atoms with van der Waals surface area (Å²) in [6.45, 7) is 13.4. The lowest BCUT2D eigenvalue weighted by Crippen LogP contribution is -2.46. The van der Waals surface area contributed by atoms with Crippen LogP contribution in [0.15, 0.2) is 18.5 Å². The van der Waals surface area contributed by atoms with Gasteiger partial charge in [-0.25, -0.2) is 14.8 Å². The number of nitrogens with zero attached hydrogens (tertiary/aromatic N) is 5. The highest BCUT2D eigenvalue weighted by atomic mass is 32.1. The maximum Gasteiger partial charge on any atom is 0.342 e. The molecule has 0 bridgehead atoms. The van der Waals surface area contributed by atoms with Crippen LogP contribution >= 0.6 is 11.3 Å². The second-order valence-corrected chi connectivity index (χ2v) is 9.35. The molecule has 0 amide bonds. The molecule has 2 aliphatic rings. The zero-order valence-corrected chi connectivity index (χ0v) is 19.4. The van der Waals surface area contributed by atoms with Crippen LogP contribution in [-0.2, 0) is 16.0 Å². The van der Waals surface area contributed by atoms with Gasteiger partial charge in [0.25, 0.3) is 0 Å². The van der Waals surface area contributed by atoms with Crippen LogP contribution in [0.3, 0.4) is 0 Å². The Kier molecular flexibility index (Phi) is 7.04. The summed E-state index contributed by atoms with van der Waals surface area (Å²) in [5.74, 6) is 0.441. The van der Waals surface area contributed by atoms with Crippen molar-refractivity contribution >= 4 is 28.3 Å². The zero-order chi connectivity index (χ0) is 21.8. The van der Waals surface area contributed by atoms with Gasteiger partial charge in [0, 0.05) is 63.1 Å². The van der Waals surface area contributed by atoms with Crippen molar-refractivity contribution in [2.75, 3.05) is 62.3 Å². The second-order valence-electron chi connectivity index (χ2n) is 8.25. The van der Waals surface area contributed by atoms with E-state index in [1.54, 1.807) is 17.5 Å². The van der Waals surface area contributed by atoms with Crippen molar-refractivity contribution in [2.24, 2.45) is 0 Å². The quantitative estimate of drug-likeness (QED) is 0.629.